The SMILES string of the molecule is C=CNC(=O)OCc1ccccc1.CCC(C)CO. The summed E-state index contributed by atoms with van der Waals surface area (Å²) in [5.74, 6) is 0.491. The van der Waals surface area contributed by atoms with Crippen LogP contribution in [-0.2, 0) is 11.3 Å². The Morgan fingerprint density at radius 2 is 2.11 bits per heavy atom. The van der Waals surface area contributed by atoms with Crippen molar-refractivity contribution in [3.8, 4) is 0 Å². The molecule has 4 heteroatoms. The number of hydrogen-bond acceptors (Lipinski definition) is 3. The van der Waals surface area contributed by atoms with Crippen LogP contribution in [0.3, 0.4) is 0 Å². The van der Waals surface area contributed by atoms with Gasteiger partial charge in [-0.25, -0.2) is 4.79 Å². The molecule has 0 aliphatic rings. The van der Waals surface area contributed by atoms with Crippen molar-refractivity contribution >= 4 is 6.09 Å². The van der Waals surface area contributed by atoms with Gasteiger partial charge in [0, 0.05) is 6.61 Å². The Kier molecular flexibility index (Phi) is 10.2. The molecule has 1 amide bonds. The number of ether oxygens (including phenoxy) is 1. The zero-order valence-corrected chi connectivity index (χ0v) is 11.6. The quantitative estimate of drug-likeness (QED) is 0.860. The highest BCUT2D eigenvalue weighted by Crippen LogP contribution is 2.00. The van der Waals surface area contributed by atoms with Crippen LogP contribution in [0.4, 0.5) is 4.79 Å². The van der Waals surface area contributed by atoms with E-state index in [1.807, 2.05) is 37.3 Å². The molecule has 0 heterocycles. The van der Waals surface area contributed by atoms with Crippen molar-refractivity contribution in [2.75, 3.05) is 6.61 Å². The van der Waals surface area contributed by atoms with E-state index in [1.165, 1.54) is 6.20 Å². The second-order valence-corrected chi connectivity index (χ2v) is 4.11. The Labute approximate surface area is 115 Å². The Bertz CT molecular complexity index is 348. The maximum absolute atomic E-state index is 10.8. The van der Waals surface area contributed by atoms with Gasteiger partial charge in [-0.1, -0.05) is 57.2 Å². The maximum Gasteiger partial charge on any atom is 0.411 e. The molecule has 0 aliphatic carbocycles. The molecule has 0 aliphatic heterocycles. The van der Waals surface area contributed by atoms with Gasteiger partial charge in [-0.05, 0) is 17.7 Å². The minimum atomic E-state index is -0.487. The van der Waals surface area contributed by atoms with Crippen molar-refractivity contribution in [3.05, 3.63) is 48.7 Å². The van der Waals surface area contributed by atoms with E-state index in [-0.39, 0.29) is 6.61 Å². The van der Waals surface area contributed by atoms with Gasteiger partial charge in [0.2, 0.25) is 0 Å². The lowest BCUT2D eigenvalue weighted by Gasteiger charge is -2.02. The molecule has 2 N–H and O–H groups in total. The van der Waals surface area contributed by atoms with Crippen LogP contribution in [0.1, 0.15) is 25.8 Å². The normalized spacial score (nSPS) is 10.7. The number of amides is 1. The number of nitrogens with one attached hydrogen (secondary N) is 1. The average molecular weight is 265 g/mol. The van der Waals surface area contributed by atoms with Crippen LogP contribution in [0.5, 0.6) is 0 Å². The van der Waals surface area contributed by atoms with E-state index < -0.39 is 6.09 Å². The molecule has 0 fully saturated rings. The molecule has 4 nitrogen and oxygen atoms in total. The summed E-state index contributed by atoms with van der Waals surface area (Å²) in [6.07, 6.45) is 1.88. The van der Waals surface area contributed by atoms with Crippen molar-refractivity contribution < 1.29 is 14.6 Å². The third-order valence-electron chi connectivity index (χ3n) is 2.44. The van der Waals surface area contributed by atoms with Crippen molar-refractivity contribution in [1.82, 2.24) is 5.32 Å². The zero-order chi connectivity index (χ0) is 14.5. The highest BCUT2D eigenvalue weighted by molar-refractivity contribution is 5.68. The van der Waals surface area contributed by atoms with Crippen molar-refractivity contribution in [1.29, 1.82) is 0 Å². The molecular weight excluding hydrogens is 242 g/mol. The molecular formula is C15H23NO3. The lowest BCUT2D eigenvalue weighted by atomic mass is 10.1. The minimum Gasteiger partial charge on any atom is -0.444 e. The van der Waals surface area contributed by atoms with E-state index in [2.05, 4.69) is 18.8 Å². The number of benzene rings is 1. The molecule has 0 bridgehead atoms. The first-order valence-electron chi connectivity index (χ1n) is 6.33. The van der Waals surface area contributed by atoms with Gasteiger partial charge in [0.25, 0.3) is 0 Å². The summed E-state index contributed by atoms with van der Waals surface area (Å²) in [6.45, 7) is 8.05. The maximum atomic E-state index is 10.8. The Hall–Kier alpha value is -1.81. The fourth-order valence-corrected chi connectivity index (χ4v) is 0.977. The van der Waals surface area contributed by atoms with Crippen molar-refractivity contribution in [3.63, 3.8) is 0 Å². The molecule has 1 atom stereocenters. The van der Waals surface area contributed by atoms with Gasteiger partial charge in [-0.15, -0.1) is 0 Å². The minimum absolute atomic E-state index is 0.278. The summed E-state index contributed by atoms with van der Waals surface area (Å²) in [5.41, 5.74) is 0.960. The molecule has 0 saturated heterocycles. The largest absolute Gasteiger partial charge is 0.444 e. The molecule has 106 valence electrons. The zero-order valence-electron chi connectivity index (χ0n) is 11.6. The predicted octanol–water partition coefficient (Wildman–Crippen LogP) is 3.08. The lowest BCUT2D eigenvalue weighted by molar-refractivity contribution is 0.143. The van der Waals surface area contributed by atoms with Crippen LogP contribution in [0, 0.1) is 5.92 Å². The van der Waals surface area contributed by atoms with E-state index >= 15 is 0 Å². The van der Waals surface area contributed by atoms with Gasteiger partial charge >= 0.3 is 6.09 Å². The summed E-state index contributed by atoms with van der Waals surface area (Å²) < 4.78 is 4.85. The van der Waals surface area contributed by atoms with E-state index in [0.717, 1.165) is 12.0 Å². The van der Waals surface area contributed by atoms with Crippen LogP contribution in [-0.4, -0.2) is 17.8 Å². The monoisotopic (exact) mass is 265 g/mol. The highest BCUT2D eigenvalue weighted by atomic mass is 16.5. The first-order chi connectivity index (χ1) is 9.13. The number of rotatable bonds is 5. The lowest BCUT2D eigenvalue weighted by Crippen LogP contribution is -2.17. The number of hydrogen-bond donors (Lipinski definition) is 2. The van der Waals surface area contributed by atoms with Crippen molar-refractivity contribution in [2.45, 2.75) is 26.9 Å². The average Bonchev–Trinajstić information content (AvgIpc) is 2.46. The van der Waals surface area contributed by atoms with Gasteiger partial charge in [-0.3, -0.25) is 5.32 Å². The van der Waals surface area contributed by atoms with Gasteiger partial charge in [0.05, 0.1) is 0 Å². The fraction of sp³-hybridized carbons (Fsp3) is 0.400. The second kappa shape index (κ2) is 11.3. The number of carbonyl (C=O) groups excluding carboxylic acids is 1. The Balaban J connectivity index is 0.000000459. The van der Waals surface area contributed by atoms with E-state index in [4.69, 9.17) is 9.84 Å². The molecule has 19 heavy (non-hydrogen) atoms. The standard InChI is InChI=1S/C10H11NO2.C5H12O/c1-2-11-10(12)13-8-9-6-4-3-5-7-9;1-3-5(2)4-6/h2-7H,1,8H2,(H,11,12);5-6H,3-4H2,1-2H3. The van der Waals surface area contributed by atoms with Gasteiger partial charge in [0.1, 0.15) is 6.61 Å². The first kappa shape index (κ1) is 17.2. The van der Waals surface area contributed by atoms with Crippen LogP contribution in [0.2, 0.25) is 0 Å². The van der Waals surface area contributed by atoms with E-state index in [9.17, 15) is 4.79 Å². The van der Waals surface area contributed by atoms with Crippen molar-refractivity contribution in [2.24, 2.45) is 5.92 Å². The highest BCUT2D eigenvalue weighted by Gasteiger charge is 1.98. The first-order valence-corrected chi connectivity index (χ1v) is 6.33. The molecule has 0 aromatic heterocycles. The van der Waals surface area contributed by atoms with Crippen LogP contribution in [0.25, 0.3) is 0 Å². The molecule has 0 radical (unpaired) electrons. The summed E-state index contributed by atoms with van der Waals surface area (Å²) in [5, 5.41) is 10.7. The van der Waals surface area contributed by atoms with Gasteiger partial charge < -0.3 is 9.84 Å². The smallest absolute Gasteiger partial charge is 0.411 e. The third-order valence-corrected chi connectivity index (χ3v) is 2.44. The number of aliphatic hydroxyl groups excluding tert-OH is 1. The third kappa shape index (κ3) is 9.85. The second-order valence-electron chi connectivity index (χ2n) is 4.11. The number of carbonyl (C=O) groups is 1. The predicted molar refractivity (Wildman–Crippen MR) is 76.5 cm³/mol. The van der Waals surface area contributed by atoms with Crippen LogP contribution in [0.15, 0.2) is 43.1 Å². The molecule has 1 rings (SSSR count). The van der Waals surface area contributed by atoms with Gasteiger partial charge in [0.15, 0.2) is 0 Å². The van der Waals surface area contributed by atoms with Crippen LogP contribution < -0.4 is 5.32 Å². The Morgan fingerprint density at radius 1 is 1.47 bits per heavy atom. The summed E-state index contributed by atoms with van der Waals surface area (Å²) >= 11 is 0. The van der Waals surface area contributed by atoms with Crippen LogP contribution >= 0.6 is 0 Å². The molecule has 1 unspecified atom stereocenters. The molecule has 0 saturated carbocycles. The van der Waals surface area contributed by atoms with E-state index in [1.54, 1.807) is 0 Å². The summed E-state index contributed by atoms with van der Waals surface area (Å²) in [6, 6.07) is 9.48. The fourth-order valence-electron chi connectivity index (χ4n) is 0.977. The Morgan fingerprint density at radius 3 is 2.53 bits per heavy atom. The summed E-state index contributed by atoms with van der Waals surface area (Å²) in [4.78, 5) is 10.8. The number of aliphatic hydroxyl groups is 1. The molecule has 1 aromatic rings. The van der Waals surface area contributed by atoms with E-state index in [0.29, 0.717) is 12.5 Å². The molecule has 1 aromatic carbocycles. The summed E-state index contributed by atoms with van der Waals surface area (Å²) in [7, 11) is 0. The molecule has 0 spiro atoms. The topological polar surface area (TPSA) is 58.6 Å². The van der Waals surface area contributed by atoms with Gasteiger partial charge in [-0.2, -0.15) is 0 Å². The number of alkyl carbamates (subject to hydrolysis) is 1.